The van der Waals surface area contributed by atoms with Gasteiger partial charge in [0.2, 0.25) is 0 Å². The topological polar surface area (TPSA) is 6.48 Å². The number of halogens is 2. The van der Waals surface area contributed by atoms with Gasteiger partial charge in [0.25, 0.3) is 0 Å². The Morgan fingerprint density at radius 1 is 1.18 bits per heavy atom. The molecule has 0 atom stereocenters. The van der Waals surface area contributed by atoms with Crippen molar-refractivity contribution in [3.63, 3.8) is 0 Å². The normalized spacial score (nSPS) is 10.9. The van der Waals surface area contributed by atoms with E-state index in [1.807, 2.05) is 12.1 Å². The van der Waals surface area contributed by atoms with Crippen molar-refractivity contribution in [3.05, 3.63) is 28.8 Å². The summed E-state index contributed by atoms with van der Waals surface area (Å²) in [6, 6.07) is 6.06. The van der Waals surface area contributed by atoms with Gasteiger partial charge < -0.3 is 9.80 Å². The Hall–Kier alpha value is -0.250. The molecule has 0 aliphatic heterocycles. The van der Waals surface area contributed by atoms with Crippen molar-refractivity contribution in [2.75, 3.05) is 39.1 Å². The third kappa shape index (κ3) is 4.86. The Labute approximate surface area is 118 Å². The Kier molecular flexibility index (Phi) is 6.31. The third-order valence-corrected chi connectivity index (χ3v) is 3.53. The maximum Gasteiger partial charge on any atom is 0.0410 e. The van der Waals surface area contributed by atoms with E-state index in [0.29, 0.717) is 0 Å². The smallest absolute Gasteiger partial charge is 0.0410 e. The fraction of sp³-hybridized carbons (Fsp3) is 0.538. The number of hydrogen-bond acceptors (Lipinski definition) is 2. The molecule has 0 bridgehead atoms. The summed E-state index contributed by atoms with van der Waals surface area (Å²) < 4.78 is 0. The number of anilines is 1. The monoisotopic (exact) mass is 318 g/mol. The molecule has 0 radical (unpaired) electrons. The lowest BCUT2D eigenvalue weighted by Crippen LogP contribution is -2.24. The molecule has 1 rings (SSSR count). The summed E-state index contributed by atoms with van der Waals surface area (Å²) in [5.74, 6) is 0. The molecule has 0 fully saturated rings. The van der Waals surface area contributed by atoms with E-state index >= 15 is 0 Å². The number of benzene rings is 1. The van der Waals surface area contributed by atoms with Crippen LogP contribution in [0.4, 0.5) is 5.69 Å². The van der Waals surface area contributed by atoms with Gasteiger partial charge >= 0.3 is 0 Å². The Morgan fingerprint density at radius 3 is 2.47 bits per heavy atom. The van der Waals surface area contributed by atoms with Crippen LogP contribution in [0.15, 0.2) is 18.2 Å². The zero-order valence-electron chi connectivity index (χ0n) is 10.7. The lowest BCUT2D eigenvalue weighted by molar-refractivity contribution is 0.401. The van der Waals surface area contributed by atoms with E-state index in [4.69, 9.17) is 11.6 Å². The standard InChI is InChI=1S/C13H20BrClN2/c1-16(2)7-4-8-17(3)13-6-5-12(15)9-11(13)10-14/h5-6,9H,4,7-8,10H2,1-3H3. The van der Waals surface area contributed by atoms with Crippen LogP contribution in [-0.4, -0.2) is 39.1 Å². The summed E-state index contributed by atoms with van der Waals surface area (Å²) in [4.78, 5) is 4.50. The van der Waals surface area contributed by atoms with Crippen LogP contribution in [0.5, 0.6) is 0 Å². The molecule has 1 aromatic rings. The van der Waals surface area contributed by atoms with Gasteiger partial charge in [0.1, 0.15) is 0 Å². The van der Waals surface area contributed by atoms with Crippen LogP contribution < -0.4 is 4.90 Å². The van der Waals surface area contributed by atoms with Crippen molar-refractivity contribution in [2.24, 2.45) is 0 Å². The van der Waals surface area contributed by atoms with Gasteiger partial charge in [-0.1, -0.05) is 27.5 Å². The number of nitrogens with zero attached hydrogens (tertiary/aromatic N) is 2. The van der Waals surface area contributed by atoms with Gasteiger partial charge in [-0.15, -0.1) is 0 Å². The average molecular weight is 320 g/mol. The zero-order valence-corrected chi connectivity index (χ0v) is 13.1. The lowest BCUT2D eigenvalue weighted by Gasteiger charge is -2.23. The largest absolute Gasteiger partial charge is 0.374 e. The Morgan fingerprint density at radius 2 is 1.88 bits per heavy atom. The fourth-order valence-corrected chi connectivity index (χ4v) is 2.42. The van der Waals surface area contributed by atoms with E-state index in [1.54, 1.807) is 0 Å². The van der Waals surface area contributed by atoms with E-state index in [9.17, 15) is 0 Å². The van der Waals surface area contributed by atoms with Crippen LogP contribution in [0.2, 0.25) is 5.02 Å². The highest BCUT2D eigenvalue weighted by Crippen LogP contribution is 2.25. The maximum absolute atomic E-state index is 6.00. The molecule has 17 heavy (non-hydrogen) atoms. The Balaban J connectivity index is 2.64. The summed E-state index contributed by atoms with van der Waals surface area (Å²) in [5, 5.41) is 1.63. The number of alkyl halides is 1. The molecule has 0 amide bonds. The average Bonchev–Trinajstić information content (AvgIpc) is 2.28. The second-order valence-corrected chi connectivity index (χ2v) is 5.48. The predicted octanol–water partition coefficient (Wildman–Crippen LogP) is 3.62. The van der Waals surface area contributed by atoms with Crippen LogP contribution >= 0.6 is 27.5 Å². The molecule has 4 heteroatoms. The predicted molar refractivity (Wildman–Crippen MR) is 80.5 cm³/mol. The minimum absolute atomic E-state index is 0.796. The molecule has 1 aromatic carbocycles. The van der Waals surface area contributed by atoms with E-state index in [0.717, 1.165) is 29.9 Å². The first kappa shape index (κ1) is 14.8. The molecule has 0 aliphatic rings. The van der Waals surface area contributed by atoms with Crippen molar-refractivity contribution < 1.29 is 0 Å². The molecule has 96 valence electrons. The first-order valence-electron chi connectivity index (χ1n) is 5.75. The van der Waals surface area contributed by atoms with Crippen LogP contribution in [-0.2, 0) is 5.33 Å². The molecule has 0 unspecified atom stereocenters. The highest BCUT2D eigenvalue weighted by Gasteiger charge is 2.07. The lowest BCUT2D eigenvalue weighted by atomic mass is 10.2. The van der Waals surface area contributed by atoms with Crippen LogP contribution in [0.1, 0.15) is 12.0 Å². The highest BCUT2D eigenvalue weighted by molar-refractivity contribution is 9.08. The highest BCUT2D eigenvalue weighted by atomic mass is 79.9. The van der Waals surface area contributed by atoms with Crippen molar-refractivity contribution in [3.8, 4) is 0 Å². The molecule has 0 saturated heterocycles. The molecule has 0 aliphatic carbocycles. The number of hydrogen-bond donors (Lipinski definition) is 0. The molecular weight excluding hydrogens is 300 g/mol. The SMILES string of the molecule is CN(C)CCCN(C)c1ccc(Cl)cc1CBr. The van der Waals surface area contributed by atoms with E-state index in [-0.39, 0.29) is 0 Å². The van der Waals surface area contributed by atoms with Crippen molar-refractivity contribution in [2.45, 2.75) is 11.8 Å². The summed E-state index contributed by atoms with van der Waals surface area (Å²) in [6.45, 7) is 2.17. The van der Waals surface area contributed by atoms with E-state index in [2.05, 4.69) is 52.9 Å². The van der Waals surface area contributed by atoms with E-state index in [1.165, 1.54) is 11.3 Å². The van der Waals surface area contributed by atoms with Gasteiger partial charge in [-0.2, -0.15) is 0 Å². The number of rotatable bonds is 6. The van der Waals surface area contributed by atoms with Gasteiger partial charge in [0.05, 0.1) is 0 Å². The van der Waals surface area contributed by atoms with Crippen molar-refractivity contribution in [1.29, 1.82) is 0 Å². The van der Waals surface area contributed by atoms with Crippen LogP contribution in [0.25, 0.3) is 0 Å². The summed E-state index contributed by atoms with van der Waals surface area (Å²) in [7, 11) is 6.34. The van der Waals surface area contributed by atoms with Crippen molar-refractivity contribution >= 4 is 33.2 Å². The van der Waals surface area contributed by atoms with Gasteiger partial charge in [0, 0.05) is 29.6 Å². The quantitative estimate of drug-likeness (QED) is 0.739. The van der Waals surface area contributed by atoms with Crippen LogP contribution in [0.3, 0.4) is 0 Å². The molecule has 0 saturated carbocycles. The first-order chi connectivity index (χ1) is 8.04. The third-order valence-electron chi connectivity index (χ3n) is 2.70. The molecule has 0 heterocycles. The second kappa shape index (κ2) is 7.24. The second-order valence-electron chi connectivity index (χ2n) is 4.49. The van der Waals surface area contributed by atoms with Gasteiger partial charge in [-0.25, -0.2) is 0 Å². The van der Waals surface area contributed by atoms with Gasteiger partial charge in [0.15, 0.2) is 0 Å². The van der Waals surface area contributed by atoms with Crippen LogP contribution in [0, 0.1) is 0 Å². The zero-order chi connectivity index (χ0) is 12.8. The Bertz CT molecular complexity index is 355. The first-order valence-corrected chi connectivity index (χ1v) is 7.24. The molecule has 0 spiro atoms. The minimum Gasteiger partial charge on any atom is -0.374 e. The minimum atomic E-state index is 0.796. The summed E-state index contributed by atoms with van der Waals surface area (Å²) in [6.07, 6.45) is 1.16. The van der Waals surface area contributed by atoms with Crippen molar-refractivity contribution in [1.82, 2.24) is 4.90 Å². The molecular formula is C13H20BrClN2. The molecule has 2 nitrogen and oxygen atoms in total. The molecule has 0 aromatic heterocycles. The molecule has 0 N–H and O–H groups in total. The maximum atomic E-state index is 6.00. The van der Waals surface area contributed by atoms with E-state index < -0.39 is 0 Å². The fourth-order valence-electron chi connectivity index (χ4n) is 1.78. The van der Waals surface area contributed by atoms with Gasteiger partial charge in [-0.3, -0.25) is 0 Å². The van der Waals surface area contributed by atoms with Gasteiger partial charge in [-0.05, 0) is 50.8 Å². The summed E-state index contributed by atoms with van der Waals surface area (Å²) >= 11 is 9.51. The summed E-state index contributed by atoms with van der Waals surface area (Å²) in [5.41, 5.74) is 2.50.